The summed E-state index contributed by atoms with van der Waals surface area (Å²) in [4.78, 5) is 12.7. The molecule has 0 amide bonds. The van der Waals surface area contributed by atoms with E-state index in [2.05, 4.69) is 0 Å². The Morgan fingerprint density at radius 3 is 2.04 bits per heavy atom. The molecule has 23 heavy (non-hydrogen) atoms. The second-order valence-corrected chi connectivity index (χ2v) is 5.92. The summed E-state index contributed by atoms with van der Waals surface area (Å²) in [6.07, 6.45) is 0. The summed E-state index contributed by atoms with van der Waals surface area (Å²) in [5.41, 5.74) is 1.50. The average Bonchev–Trinajstić information content (AvgIpc) is 2.55. The molecule has 0 saturated carbocycles. The Balaban J connectivity index is 0.00000264. The number of carbonyl (C=O) groups excluding carboxylic acids is 1. The zero-order valence-corrected chi connectivity index (χ0v) is 14.1. The number of ether oxygens (including phenoxy) is 3. The van der Waals surface area contributed by atoms with Gasteiger partial charge in [-0.1, -0.05) is 12.1 Å². The molecule has 2 aromatic carbocycles. The van der Waals surface area contributed by atoms with Gasteiger partial charge in [0.1, 0.15) is 22.8 Å². The Bertz CT molecular complexity index is 666. The van der Waals surface area contributed by atoms with Crippen LogP contribution in [-0.4, -0.2) is 45.7 Å². The Kier molecular flexibility index (Phi) is 7.65. The zero-order chi connectivity index (χ0) is 16.1. The van der Waals surface area contributed by atoms with Gasteiger partial charge in [0.2, 0.25) is 0 Å². The first-order chi connectivity index (χ1) is 10.6. The summed E-state index contributed by atoms with van der Waals surface area (Å²) in [5.74, 6) is 1.85. The maximum absolute atomic E-state index is 12.7. The average molecular weight is 326 g/mol. The molecule has 1 unspecified atom stereocenters. The first-order valence-electron chi connectivity index (χ1n) is 6.77. The van der Waals surface area contributed by atoms with E-state index in [1.807, 2.05) is 25.1 Å². The minimum absolute atomic E-state index is 0. The summed E-state index contributed by atoms with van der Waals surface area (Å²) in [6, 6.07) is 11.0. The number of methoxy groups -OCH3 is 3. The van der Waals surface area contributed by atoms with Crippen LogP contribution >= 0.6 is 8.58 Å². The fourth-order valence-electron chi connectivity index (χ4n) is 2.16. The van der Waals surface area contributed by atoms with Gasteiger partial charge in [0.15, 0.2) is 5.52 Å². The van der Waals surface area contributed by atoms with Crippen LogP contribution in [0.4, 0.5) is 0 Å². The third kappa shape index (κ3) is 4.51. The van der Waals surface area contributed by atoms with Crippen molar-refractivity contribution >= 4 is 38.3 Å². The van der Waals surface area contributed by atoms with E-state index < -0.39 is 0 Å². The van der Waals surface area contributed by atoms with Gasteiger partial charge in [-0.25, -0.2) is 0 Å². The molecule has 0 radical (unpaired) electrons. The number of hydrogen-bond acceptors (Lipinski definition) is 4. The normalized spacial score (nSPS) is 10.3. The summed E-state index contributed by atoms with van der Waals surface area (Å²) in [6.45, 7) is 1.97. The Morgan fingerprint density at radius 1 is 0.957 bits per heavy atom. The molecule has 4 nitrogen and oxygen atoms in total. The number of aryl methyl sites for hydroxylation is 1. The van der Waals surface area contributed by atoms with E-state index in [0.717, 1.165) is 16.6 Å². The van der Waals surface area contributed by atoms with Gasteiger partial charge in [0.25, 0.3) is 0 Å². The molecule has 0 saturated heterocycles. The zero-order valence-electron chi connectivity index (χ0n) is 13.1. The molecular weight excluding hydrogens is 306 g/mol. The van der Waals surface area contributed by atoms with Crippen molar-refractivity contribution in [2.75, 3.05) is 21.3 Å². The van der Waals surface area contributed by atoms with Crippen molar-refractivity contribution in [3.8, 4) is 17.2 Å². The molecule has 0 fully saturated rings. The van der Waals surface area contributed by atoms with Crippen molar-refractivity contribution in [3.05, 3.63) is 47.5 Å². The van der Waals surface area contributed by atoms with E-state index in [9.17, 15) is 4.79 Å². The topological polar surface area (TPSA) is 44.8 Å². The Labute approximate surface area is 150 Å². The van der Waals surface area contributed by atoms with E-state index in [4.69, 9.17) is 14.2 Å². The third-order valence-electron chi connectivity index (χ3n) is 3.34. The van der Waals surface area contributed by atoms with Gasteiger partial charge in [0, 0.05) is 0 Å². The number of hydrogen-bond donors (Lipinski definition) is 0. The van der Waals surface area contributed by atoms with Gasteiger partial charge in [0.05, 0.1) is 21.3 Å². The van der Waals surface area contributed by atoms with Gasteiger partial charge in [-0.15, -0.1) is 0 Å². The predicted molar refractivity (Wildman–Crippen MR) is 96.7 cm³/mol. The van der Waals surface area contributed by atoms with Gasteiger partial charge in [-0.2, -0.15) is 0 Å². The molecular formula is C17H20LiO4P. The van der Waals surface area contributed by atoms with Crippen molar-refractivity contribution in [1.29, 1.82) is 0 Å². The molecule has 2 aromatic rings. The summed E-state index contributed by atoms with van der Waals surface area (Å²) in [5, 5.41) is 0.985. The number of benzene rings is 2. The van der Waals surface area contributed by atoms with Crippen LogP contribution in [0.1, 0.15) is 15.9 Å². The van der Waals surface area contributed by atoms with Gasteiger partial charge in [-0.3, -0.25) is 4.79 Å². The van der Waals surface area contributed by atoms with E-state index in [-0.39, 0.29) is 33.0 Å². The number of rotatable bonds is 6. The van der Waals surface area contributed by atoms with Crippen LogP contribution in [0.3, 0.4) is 0 Å². The van der Waals surface area contributed by atoms with Gasteiger partial charge < -0.3 is 14.2 Å². The predicted octanol–water partition coefficient (Wildman–Crippen LogP) is 2.52. The molecule has 0 aliphatic rings. The molecule has 0 aliphatic heterocycles. The van der Waals surface area contributed by atoms with E-state index in [1.54, 1.807) is 39.5 Å². The molecule has 6 heteroatoms. The van der Waals surface area contributed by atoms with Gasteiger partial charge in [-0.05, 0) is 50.6 Å². The van der Waals surface area contributed by atoms with Crippen LogP contribution in [0.15, 0.2) is 36.4 Å². The molecule has 1 atom stereocenters. The SMILES string of the molecule is COc1ccc(PC(=O)c2c(OC)cccc2OC)c(C)c1.[LiH]. The molecule has 0 heterocycles. The molecule has 118 valence electrons. The molecule has 0 N–H and O–H groups in total. The summed E-state index contributed by atoms with van der Waals surface area (Å²) in [7, 11) is 4.72. The van der Waals surface area contributed by atoms with Crippen molar-refractivity contribution in [2.24, 2.45) is 0 Å². The quantitative estimate of drug-likeness (QED) is 0.604. The van der Waals surface area contributed by atoms with E-state index in [0.29, 0.717) is 17.1 Å². The fraction of sp³-hybridized carbons (Fsp3) is 0.235. The first kappa shape index (κ1) is 19.6. The Morgan fingerprint density at radius 2 is 1.57 bits per heavy atom. The van der Waals surface area contributed by atoms with Crippen LogP contribution in [-0.2, 0) is 0 Å². The van der Waals surface area contributed by atoms with Crippen LogP contribution < -0.4 is 19.5 Å². The molecule has 2 rings (SSSR count). The second kappa shape index (κ2) is 8.99. The van der Waals surface area contributed by atoms with Crippen molar-refractivity contribution in [1.82, 2.24) is 0 Å². The van der Waals surface area contributed by atoms with Crippen LogP contribution in [0.25, 0.3) is 0 Å². The maximum atomic E-state index is 12.7. The molecule has 0 spiro atoms. The first-order valence-corrected chi connectivity index (χ1v) is 7.77. The monoisotopic (exact) mass is 326 g/mol. The van der Waals surface area contributed by atoms with Crippen molar-refractivity contribution < 1.29 is 19.0 Å². The van der Waals surface area contributed by atoms with Crippen molar-refractivity contribution in [2.45, 2.75) is 6.92 Å². The van der Waals surface area contributed by atoms with Crippen LogP contribution in [0.5, 0.6) is 17.2 Å². The molecule has 0 bridgehead atoms. The summed E-state index contributed by atoms with van der Waals surface area (Å²) >= 11 is 0. The van der Waals surface area contributed by atoms with E-state index in [1.165, 1.54) is 0 Å². The molecule has 0 aliphatic carbocycles. The summed E-state index contributed by atoms with van der Waals surface area (Å²) < 4.78 is 15.8. The fourth-order valence-corrected chi connectivity index (χ4v) is 3.22. The standard InChI is InChI=1S/C17H19O4P.Li.H/c1-11-10-12(19-2)8-9-15(11)22-17(18)16-13(20-3)6-5-7-14(16)21-4;;/h5-10,22H,1-4H3;;. The second-order valence-electron chi connectivity index (χ2n) is 4.67. The third-order valence-corrected chi connectivity index (χ3v) is 4.64. The Hall–Kier alpha value is -1.46. The van der Waals surface area contributed by atoms with Crippen LogP contribution in [0.2, 0.25) is 0 Å². The van der Waals surface area contributed by atoms with E-state index >= 15 is 0 Å². The number of carbonyl (C=O) groups is 1. The molecule has 0 aromatic heterocycles. The van der Waals surface area contributed by atoms with Gasteiger partial charge >= 0.3 is 18.9 Å². The minimum atomic E-state index is -0.0115. The van der Waals surface area contributed by atoms with Crippen LogP contribution in [0, 0.1) is 6.92 Å². The van der Waals surface area contributed by atoms with Crippen molar-refractivity contribution in [3.63, 3.8) is 0 Å².